The van der Waals surface area contributed by atoms with E-state index >= 15 is 0 Å². The van der Waals surface area contributed by atoms with Crippen LogP contribution in [0.15, 0.2) is 12.1 Å². The molecule has 15 heavy (non-hydrogen) atoms. The van der Waals surface area contributed by atoms with Gasteiger partial charge in [0.25, 0.3) is 0 Å². The summed E-state index contributed by atoms with van der Waals surface area (Å²) in [6.07, 6.45) is 4.34. The molecule has 1 saturated heterocycles. The molecule has 86 valence electrons. The van der Waals surface area contributed by atoms with Gasteiger partial charge in [0.15, 0.2) is 0 Å². The van der Waals surface area contributed by atoms with Crippen molar-refractivity contribution in [2.45, 2.75) is 51.7 Å². The summed E-state index contributed by atoms with van der Waals surface area (Å²) in [7, 11) is -0.190. The summed E-state index contributed by atoms with van der Waals surface area (Å²) in [6, 6.07) is 0. The van der Waals surface area contributed by atoms with Gasteiger partial charge in [-0.2, -0.15) is 0 Å². The second-order valence-corrected chi connectivity index (χ2v) is 5.68. The molecule has 1 rings (SSSR count). The van der Waals surface area contributed by atoms with Crippen LogP contribution in [0.5, 0.6) is 0 Å². The van der Waals surface area contributed by atoms with Gasteiger partial charge in [-0.3, -0.25) is 0 Å². The largest absolute Gasteiger partial charge is 0.486 e. The molecule has 0 spiro atoms. The second kappa shape index (κ2) is 5.02. The smallest absolute Gasteiger partial charge is 0.400 e. The Hall–Kier alpha value is 0.205. The molecule has 0 N–H and O–H groups in total. The first kappa shape index (κ1) is 13.3. The minimum atomic E-state index is -0.225. The summed E-state index contributed by atoms with van der Waals surface area (Å²) in [4.78, 5) is 0. The Morgan fingerprint density at radius 3 is 2.13 bits per heavy atom. The first-order valence-corrected chi connectivity index (χ1v) is 6.59. The van der Waals surface area contributed by atoms with Crippen molar-refractivity contribution in [1.82, 2.24) is 0 Å². The zero-order valence-electron chi connectivity index (χ0n) is 10.0. The van der Waals surface area contributed by atoms with Crippen LogP contribution in [0.4, 0.5) is 0 Å². The molecule has 0 unspecified atom stereocenters. The lowest BCUT2D eigenvalue weighted by Crippen LogP contribution is -2.41. The Morgan fingerprint density at radius 1 is 1.13 bits per heavy atom. The highest BCUT2D eigenvalue weighted by Gasteiger charge is 2.49. The molecule has 0 radical (unpaired) electrons. The Bertz CT molecular complexity index is 223. The van der Waals surface area contributed by atoms with E-state index in [2.05, 4.69) is 49.7 Å². The molecule has 0 aromatic carbocycles. The highest BCUT2D eigenvalue weighted by molar-refractivity contribution is 9.09. The van der Waals surface area contributed by atoms with Gasteiger partial charge in [-0.15, -0.1) is 0 Å². The van der Waals surface area contributed by atoms with Gasteiger partial charge in [-0.25, -0.2) is 0 Å². The molecule has 1 aliphatic rings. The van der Waals surface area contributed by atoms with Gasteiger partial charge < -0.3 is 9.31 Å². The average molecular weight is 275 g/mol. The second-order valence-electron chi connectivity index (χ2n) is 4.88. The molecule has 0 bridgehead atoms. The Kier molecular flexibility index (Phi) is 4.44. The molecule has 0 saturated carbocycles. The zero-order valence-corrected chi connectivity index (χ0v) is 11.6. The van der Waals surface area contributed by atoms with Crippen LogP contribution in [-0.2, 0) is 9.31 Å². The van der Waals surface area contributed by atoms with Crippen molar-refractivity contribution in [3.05, 3.63) is 12.1 Å². The molecule has 2 nitrogen and oxygen atoms in total. The Balaban J connectivity index is 2.45. The number of halogens is 1. The summed E-state index contributed by atoms with van der Waals surface area (Å²) >= 11 is 3.40. The van der Waals surface area contributed by atoms with Crippen molar-refractivity contribution in [3.63, 3.8) is 0 Å². The predicted molar refractivity (Wildman–Crippen MR) is 68.3 cm³/mol. The van der Waals surface area contributed by atoms with Crippen molar-refractivity contribution < 1.29 is 9.31 Å². The summed E-state index contributed by atoms with van der Waals surface area (Å²) in [5.74, 6) is 2.01. The number of alkyl halides is 1. The number of hydrogen-bond donors (Lipinski definition) is 0. The monoisotopic (exact) mass is 274 g/mol. The van der Waals surface area contributed by atoms with Gasteiger partial charge >= 0.3 is 7.12 Å². The fraction of sp³-hybridized carbons (Fsp3) is 0.818. The molecular weight excluding hydrogens is 255 g/mol. The van der Waals surface area contributed by atoms with Crippen LogP contribution in [0, 0.1) is 0 Å². The van der Waals surface area contributed by atoms with Gasteiger partial charge in [0, 0.05) is 5.33 Å². The van der Waals surface area contributed by atoms with Crippen molar-refractivity contribution in [1.29, 1.82) is 0 Å². The Morgan fingerprint density at radius 2 is 1.67 bits per heavy atom. The van der Waals surface area contributed by atoms with E-state index in [1.807, 2.05) is 5.98 Å². The van der Waals surface area contributed by atoms with Crippen LogP contribution in [-0.4, -0.2) is 23.7 Å². The van der Waals surface area contributed by atoms with Gasteiger partial charge in [0.05, 0.1) is 11.2 Å². The van der Waals surface area contributed by atoms with E-state index in [0.717, 1.165) is 18.2 Å². The van der Waals surface area contributed by atoms with Gasteiger partial charge in [-0.05, 0) is 40.5 Å². The van der Waals surface area contributed by atoms with E-state index < -0.39 is 0 Å². The third-order valence-corrected chi connectivity index (χ3v) is 3.63. The SMILES string of the molecule is CC1(C)OB(/C=C/CCCBr)OC1(C)C. The maximum atomic E-state index is 5.82. The summed E-state index contributed by atoms with van der Waals surface area (Å²) in [5.41, 5.74) is -0.450. The van der Waals surface area contributed by atoms with Crippen molar-refractivity contribution in [2.24, 2.45) is 0 Å². The van der Waals surface area contributed by atoms with E-state index in [1.54, 1.807) is 0 Å². The molecule has 4 heteroatoms. The van der Waals surface area contributed by atoms with E-state index in [0.29, 0.717) is 0 Å². The fourth-order valence-electron chi connectivity index (χ4n) is 1.37. The normalized spacial score (nSPS) is 23.9. The maximum Gasteiger partial charge on any atom is 0.486 e. The van der Waals surface area contributed by atoms with Crippen LogP contribution in [0.3, 0.4) is 0 Å². The summed E-state index contributed by atoms with van der Waals surface area (Å²) in [5, 5.41) is 1.04. The number of unbranched alkanes of at least 4 members (excludes halogenated alkanes) is 1. The van der Waals surface area contributed by atoms with E-state index in [-0.39, 0.29) is 18.3 Å². The number of hydrogen-bond acceptors (Lipinski definition) is 2. The van der Waals surface area contributed by atoms with Crippen LogP contribution in [0.2, 0.25) is 0 Å². The van der Waals surface area contributed by atoms with Gasteiger partial charge in [0.2, 0.25) is 0 Å². The summed E-state index contributed by atoms with van der Waals surface area (Å²) < 4.78 is 11.6. The van der Waals surface area contributed by atoms with Crippen molar-refractivity contribution >= 4 is 23.0 Å². The Labute approximate surface area is 102 Å². The van der Waals surface area contributed by atoms with Crippen LogP contribution < -0.4 is 0 Å². The summed E-state index contributed by atoms with van der Waals surface area (Å²) in [6.45, 7) is 8.28. The molecule has 0 atom stereocenters. The lowest BCUT2D eigenvalue weighted by Gasteiger charge is -2.32. The molecular formula is C11H20BBrO2. The molecule has 0 aliphatic carbocycles. The minimum Gasteiger partial charge on any atom is -0.400 e. The third-order valence-electron chi connectivity index (χ3n) is 3.07. The van der Waals surface area contributed by atoms with Crippen LogP contribution in [0.1, 0.15) is 40.5 Å². The number of rotatable bonds is 4. The molecule has 0 aromatic rings. The fourth-order valence-corrected chi connectivity index (χ4v) is 1.69. The quantitative estimate of drug-likeness (QED) is 0.445. The molecule has 1 fully saturated rings. The van der Waals surface area contributed by atoms with E-state index in [4.69, 9.17) is 9.31 Å². The van der Waals surface area contributed by atoms with Crippen molar-refractivity contribution in [2.75, 3.05) is 5.33 Å². The lowest BCUT2D eigenvalue weighted by molar-refractivity contribution is 0.00578. The molecule has 0 amide bonds. The number of allylic oxidation sites excluding steroid dienone is 1. The minimum absolute atomic E-state index is 0.190. The molecule has 1 aliphatic heterocycles. The van der Waals surface area contributed by atoms with Gasteiger partial charge in [-0.1, -0.05) is 28.0 Å². The maximum absolute atomic E-state index is 5.82. The topological polar surface area (TPSA) is 18.5 Å². The first-order valence-electron chi connectivity index (χ1n) is 5.47. The first-order chi connectivity index (χ1) is 6.89. The van der Waals surface area contributed by atoms with Crippen LogP contribution >= 0.6 is 15.9 Å². The van der Waals surface area contributed by atoms with E-state index in [9.17, 15) is 0 Å². The standard InChI is InChI=1S/C11H20BBrO2/c1-10(2)11(3,4)15-12(14-10)8-6-5-7-9-13/h6,8H,5,7,9H2,1-4H3/b8-6+. The average Bonchev–Trinajstić information content (AvgIpc) is 2.30. The van der Waals surface area contributed by atoms with Crippen LogP contribution in [0.25, 0.3) is 0 Å². The predicted octanol–water partition coefficient (Wildman–Crippen LogP) is 3.35. The molecule has 0 aromatic heterocycles. The highest BCUT2D eigenvalue weighted by Crippen LogP contribution is 2.36. The lowest BCUT2D eigenvalue weighted by atomic mass is 9.89. The third kappa shape index (κ3) is 3.33. The van der Waals surface area contributed by atoms with Gasteiger partial charge in [0.1, 0.15) is 0 Å². The highest BCUT2D eigenvalue weighted by atomic mass is 79.9. The van der Waals surface area contributed by atoms with E-state index in [1.165, 1.54) is 0 Å². The molecule has 1 heterocycles. The zero-order chi connectivity index (χ0) is 11.5. The van der Waals surface area contributed by atoms with Crippen molar-refractivity contribution in [3.8, 4) is 0 Å².